The van der Waals surface area contributed by atoms with Crippen LogP contribution in [0.25, 0.3) is 0 Å². The van der Waals surface area contributed by atoms with Gasteiger partial charge in [-0.1, -0.05) is 18.2 Å². The Morgan fingerprint density at radius 2 is 1.68 bits per heavy atom. The maximum atomic E-state index is 13.1. The van der Waals surface area contributed by atoms with E-state index in [2.05, 4.69) is 4.90 Å². The Bertz CT molecular complexity index is 940. The highest BCUT2D eigenvalue weighted by Gasteiger charge is 2.43. The molecule has 2 aliphatic heterocycles. The van der Waals surface area contributed by atoms with Crippen LogP contribution in [0, 0.1) is 6.92 Å². The Balaban J connectivity index is 1.59. The van der Waals surface area contributed by atoms with Crippen molar-refractivity contribution in [2.75, 3.05) is 25.7 Å². The highest BCUT2D eigenvalue weighted by atomic mass is 16.5. The van der Waals surface area contributed by atoms with Gasteiger partial charge in [0.1, 0.15) is 0 Å². The molecule has 0 aliphatic carbocycles. The fraction of sp³-hybridized carbons (Fsp3) is 0.364. The summed E-state index contributed by atoms with van der Waals surface area (Å²) >= 11 is 0. The Labute approximate surface area is 164 Å². The molecule has 0 aromatic heterocycles. The van der Waals surface area contributed by atoms with Crippen LogP contribution in [0.1, 0.15) is 23.1 Å². The maximum Gasteiger partial charge on any atom is 0.251 e. The molecule has 2 aliphatic rings. The molecular weight excluding hydrogens is 356 g/mol. The third-order valence-electron chi connectivity index (χ3n) is 5.67. The molecule has 0 spiro atoms. The van der Waals surface area contributed by atoms with Gasteiger partial charge in [0.15, 0.2) is 11.5 Å². The quantitative estimate of drug-likeness (QED) is 0.764. The van der Waals surface area contributed by atoms with Gasteiger partial charge in [0.05, 0.1) is 32.4 Å². The van der Waals surface area contributed by atoms with Crippen molar-refractivity contribution in [1.29, 1.82) is 0 Å². The van der Waals surface area contributed by atoms with E-state index in [0.29, 0.717) is 23.7 Å². The van der Waals surface area contributed by atoms with Crippen molar-refractivity contribution in [2.24, 2.45) is 0 Å². The number of anilines is 1. The van der Waals surface area contributed by atoms with Crippen molar-refractivity contribution in [3.05, 3.63) is 53.1 Å². The van der Waals surface area contributed by atoms with Gasteiger partial charge in [-0.25, -0.2) is 4.90 Å². The summed E-state index contributed by atoms with van der Waals surface area (Å²) in [4.78, 5) is 29.2. The summed E-state index contributed by atoms with van der Waals surface area (Å²) in [6.45, 7) is 3.26. The Kier molecular flexibility index (Phi) is 4.81. The highest BCUT2D eigenvalue weighted by molar-refractivity contribution is 6.22. The molecule has 1 atom stereocenters. The van der Waals surface area contributed by atoms with Crippen molar-refractivity contribution in [3.63, 3.8) is 0 Å². The zero-order valence-electron chi connectivity index (χ0n) is 16.4. The lowest BCUT2D eigenvalue weighted by Crippen LogP contribution is -2.44. The van der Waals surface area contributed by atoms with Crippen LogP contribution in [0.5, 0.6) is 11.5 Å². The number of methoxy groups -OCH3 is 2. The van der Waals surface area contributed by atoms with Crippen molar-refractivity contribution in [3.8, 4) is 11.5 Å². The third-order valence-corrected chi connectivity index (χ3v) is 5.67. The number of ether oxygens (including phenoxy) is 2. The van der Waals surface area contributed by atoms with Crippen molar-refractivity contribution < 1.29 is 19.1 Å². The molecule has 0 N–H and O–H groups in total. The molecule has 0 bridgehead atoms. The van der Waals surface area contributed by atoms with Gasteiger partial charge in [0, 0.05) is 13.1 Å². The first-order chi connectivity index (χ1) is 13.5. The molecule has 0 saturated carbocycles. The molecule has 146 valence electrons. The highest BCUT2D eigenvalue weighted by Crippen LogP contribution is 2.35. The number of carbonyl (C=O) groups excluding carboxylic acids is 2. The van der Waals surface area contributed by atoms with Gasteiger partial charge >= 0.3 is 0 Å². The number of amides is 2. The van der Waals surface area contributed by atoms with Crippen molar-refractivity contribution in [2.45, 2.75) is 32.4 Å². The van der Waals surface area contributed by atoms with E-state index in [1.165, 1.54) is 10.5 Å². The zero-order valence-corrected chi connectivity index (χ0v) is 16.4. The molecule has 6 heteroatoms. The largest absolute Gasteiger partial charge is 0.493 e. The van der Waals surface area contributed by atoms with E-state index < -0.39 is 6.04 Å². The van der Waals surface area contributed by atoms with E-state index in [4.69, 9.17) is 9.47 Å². The summed E-state index contributed by atoms with van der Waals surface area (Å²) in [6, 6.07) is 11.1. The second kappa shape index (κ2) is 7.28. The summed E-state index contributed by atoms with van der Waals surface area (Å²) in [5, 5.41) is 0. The SMILES string of the molecule is COc1cc2c(cc1OC)CN(C1CC(=O)N(c3ccccc3C)C1=O)CC2. The second-order valence-corrected chi connectivity index (χ2v) is 7.27. The smallest absolute Gasteiger partial charge is 0.251 e. The van der Waals surface area contributed by atoms with Crippen LogP contribution >= 0.6 is 0 Å². The lowest BCUT2D eigenvalue weighted by molar-refractivity contribution is -0.123. The van der Waals surface area contributed by atoms with E-state index >= 15 is 0 Å². The molecule has 4 rings (SSSR count). The summed E-state index contributed by atoms with van der Waals surface area (Å²) in [6.07, 6.45) is 1.02. The van der Waals surface area contributed by atoms with Crippen LogP contribution in [-0.2, 0) is 22.6 Å². The lowest BCUT2D eigenvalue weighted by atomic mass is 9.97. The number of benzene rings is 2. The first kappa shape index (κ1) is 18.5. The van der Waals surface area contributed by atoms with Crippen molar-refractivity contribution >= 4 is 17.5 Å². The van der Waals surface area contributed by atoms with Crippen molar-refractivity contribution in [1.82, 2.24) is 4.90 Å². The molecule has 2 aromatic carbocycles. The van der Waals surface area contributed by atoms with E-state index in [1.807, 2.05) is 43.3 Å². The van der Waals surface area contributed by atoms with Crippen LogP contribution < -0.4 is 14.4 Å². The van der Waals surface area contributed by atoms with Gasteiger partial charge in [0.2, 0.25) is 5.91 Å². The van der Waals surface area contributed by atoms with Crippen LogP contribution in [0.15, 0.2) is 36.4 Å². The molecule has 2 aromatic rings. The Hall–Kier alpha value is -2.86. The van der Waals surface area contributed by atoms with Crippen LogP contribution in [0.2, 0.25) is 0 Å². The summed E-state index contributed by atoms with van der Waals surface area (Å²) in [7, 11) is 3.24. The number of imide groups is 1. The molecule has 1 unspecified atom stereocenters. The van der Waals surface area contributed by atoms with Gasteiger partial charge in [-0.05, 0) is 48.2 Å². The first-order valence-electron chi connectivity index (χ1n) is 9.43. The van der Waals surface area contributed by atoms with E-state index in [1.54, 1.807) is 14.2 Å². The number of hydrogen-bond acceptors (Lipinski definition) is 5. The minimum absolute atomic E-state index is 0.136. The monoisotopic (exact) mass is 380 g/mol. The van der Waals surface area contributed by atoms with Gasteiger partial charge in [-0.3, -0.25) is 14.5 Å². The minimum atomic E-state index is -0.423. The number of aryl methyl sites for hydroxylation is 1. The first-order valence-corrected chi connectivity index (χ1v) is 9.43. The molecule has 1 fully saturated rings. The van der Waals surface area contributed by atoms with Gasteiger partial charge in [0.25, 0.3) is 5.91 Å². The fourth-order valence-electron chi connectivity index (χ4n) is 4.14. The minimum Gasteiger partial charge on any atom is -0.493 e. The average Bonchev–Trinajstić information content (AvgIpc) is 3.01. The standard InChI is InChI=1S/C22H24N2O4/c1-14-6-4-5-7-17(14)24-21(25)12-18(22(24)26)23-9-8-15-10-19(27-2)20(28-3)11-16(15)13-23/h4-7,10-11,18H,8-9,12-13H2,1-3H3. The van der Waals surface area contributed by atoms with Gasteiger partial charge < -0.3 is 9.47 Å². The topological polar surface area (TPSA) is 59.1 Å². The van der Waals surface area contributed by atoms with Gasteiger partial charge in [-0.2, -0.15) is 0 Å². The molecule has 28 heavy (non-hydrogen) atoms. The summed E-state index contributed by atoms with van der Waals surface area (Å²) < 4.78 is 10.8. The molecule has 0 radical (unpaired) electrons. The number of hydrogen-bond donors (Lipinski definition) is 0. The predicted molar refractivity (Wildman–Crippen MR) is 106 cm³/mol. The molecule has 6 nitrogen and oxygen atoms in total. The normalized spacial score (nSPS) is 19.7. The molecule has 2 heterocycles. The van der Waals surface area contributed by atoms with Gasteiger partial charge in [-0.15, -0.1) is 0 Å². The Morgan fingerprint density at radius 1 is 1.00 bits per heavy atom. The third kappa shape index (κ3) is 3.03. The van der Waals surface area contributed by atoms with E-state index in [0.717, 1.165) is 24.1 Å². The van der Waals surface area contributed by atoms with E-state index in [9.17, 15) is 9.59 Å². The number of rotatable bonds is 4. The molecule has 2 amide bonds. The predicted octanol–water partition coefficient (Wildman–Crippen LogP) is 2.70. The van der Waals surface area contributed by atoms with Crippen LogP contribution in [0.3, 0.4) is 0 Å². The summed E-state index contributed by atoms with van der Waals surface area (Å²) in [5.41, 5.74) is 3.91. The number of fused-ring (bicyclic) bond motifs is 1. The summed E-state index contributed by atoms with van der Waals surface area (Å²) in [5.74, 6) is 1.12. The lowest BCUT2D eigenvalue weighted by Gasteiger charge is -2.32. The van der Waals surface area contributed by atoms with Crippen LogP contribution in [0.4, 0.5) is 5.69 Å². The number of nitrogens with zero attached hydrogens (tertiary/aromatic N) is 2. The fourth-order valence-corrected chi connectivity index (χ4v) is 4.14. The second-order valence-electron chi connectivity index (χ2n) is 7.27. The number of para-hydroxylation sites is 1. The molecular formula is C22H24N2O4. The zero-order chi connectivity index (χ0) is 19.8. The molecule has 1 saturated heterocycles. The maximum absolute atomic E-state index is 13.1. The number of carbonyl (C=O) groups is 2. The van der Waals surface area contributed by atoms with E-state index in [-0.39, 0.29) is 18.2 Å². The Morgan fingerprint density at radius 3 is 2.36 bits per heavy atom. The average molecular weight is 380 g/mol. The van der Waals surface area contributed by atoms with Crippen LogP contribution in [-0.4, -0.2) is 43.5 Å².